The van der Waals surface area contributed by atoms with Crippen molar-refractivity contribution in [1.82, 2.24) is 0 Å². The lowest BCUT2D eigenvalue weighted by atomic mass is 9.90. The Morgan fingerprint density at radius 3 is 2.69 bits per heavy atom. The molecule has 3 rings (SSSR count). The van der Waals surface area contributed by atoms with Crippen LogP contribution in [0, 0.1) is 5.92 Å². The molecule has 1 heterocycles. The molecule has 26 heavy (non-hydrogen) atoms. The second kappa shape index (κ2) is 7.99. The summed E-state index contributed by atoms with van der Waals surface area (Å²) in [5.41, 5.74) is 1.53. The second-order valence-corrected chi connectivity index (χ2v) is 8.49. The van der Waals surface area contributed by atoms with E-state index in [4.69, 9.17) is 27.9 Å². The minimum absolute atomic E-state index is 0.310. The molecule has 4 nitrogen and oxygen atoms in total. The zero-order chi connectivity index (χ0) is 18.8. The van der Waals surface area contributed by atoms with E-state index in [1.165, 1.54) is 28.7 Å². The van der Waals surface area contributed by atoms with Crippen molar-refractivity contribution in [2.45, 2.75) is 39.2 Å². The highest BCUT2D eigenvalue weighted by molar-refractivity contribution is 7.14. The number of fused-ring (bicyclic) bond motifs is 1. The first-order valence-corrected chi connectivity index (χ1v) is 10.00. The van der Waals surface area contributed by atoms with Crippen molar-refractivity contribution in [2.75, 3.05) is 5.32 Å². The van der Waals surface area contributed by atoms with Crippen LogP contribution < -0.4 is 5.32 Å². The van der Waals surface area contributed by atoms with E-state index in [9.17, 15) is 9.59 Å². The predicted molar refractivity (Wildman–Crippen MR) is 105 cm³/mol. The molecule has 1 aromatic heterocycles. The van der Waals surface area contributed by atoms with Crippen LogP contribution in [0.25, 0.3) is 0 Å². The Kier molecular flexibility index (Phi) is 5.90. The molecule has 7 heteroatoms. The highest BCUT2D eigenvalue weighted by Gasteiger charge is 2.25. The van der Waals surface area contributed by atoms with Gasteiger partial charge in [-0.3, -0.25) is 4.79 Å². The van der Waals surface area contributed by atoms with Crippen molar-refractivity contribution >= 4 is 52.1 Å². The molecule has 0 unspecified atom stereocenters. The van der Waals surface area contributed by atoms with E-state index in [0.29, 0.717) is 26.5 Å². The Morgan fingerprint density at radius 2 is 2.00 bits per heavy atom. The first kappa shape index (κ1) is 19.2. The molecule has 1 amide bonds. The summed E-state index contributed by atoms with van der Waals surface area (Å²) in [7, 11) is 0. The molecule has 2 aromatic rings. The summed E-state index contributed by atoms with van der Waals surface area (Å²) < 4.78 is 5.33. The highest BCUT2D eigenvalue weighted by atomic mass is 35.5. The maximum absolute atomic E-state index is 12.4. The molecular formula is C19H19Cl2NO3S. The Hall–Kier alpha value is -1.56. The third kappa shape index (κ3) is 4.22. The number of hydrogen-bond acceptors (Lipinski definition) is 4. The molecule has 0 saturated carbocycles. The van der Waals surface area contributed by atoms with E-state index < -0.39 is 18.0 Å². The summed E-state index contributed by atoms with van der Waals surface area (Å²) in [5, 5.41) is 3.26. The molecular weight excluding hydrogens is 393 g/mol. The van der Waals surface area contributed by atoms with Gasteiger partial charge in [-0.25, -0.2) is 4.79 Å². The van der Waals surface area contributed by atoms with Gasteiger partial charge in [-0.05, 0) is 55.9 Å². The molecule has 138 valence electrons. The number of para-hydroxylation sites is 1. The maximum Gasteiger partial charge on any atom is 0.349 e. The van der Waals surface area contributed by atoms with Crippen LogP contribution in [-0.2, 0) is 22.4 Å². The van der Waals surface area contributed by atoms with E-state index in [1.54, 1.807) is 18.2 Å². The maximum atomic E-state index is 12.4. The van der Waals surface area contributed by atoms with Gasteiger partial charge in [0.25, 0.3) is 5.91 Å². The molecule has 0 spiro atoms. The molecule has 0 fully saturated rings. The van der Waals surface area contributed by atoms with Crippen LogP contribution in [0.4, 0.5) is 5.69 Å². The largest absolute Gasteiger partial charge is 0.448 e. The van der Waals surface area contributed by atoms with Gasteiger partial charge in [0, 0.05) is 4.88 Å². The number of rotatable bonds is 4. The molecule has 0 radical (unpaired) electrons. The fraction of sp³-hybridized carbons (Fsp3) is 0.368. The summed E-state index contributed by atoms with van der Waals surface area (Å²) in [5.74, 6) is -0.334. The molecule has 1 aliphatic rings. The quantitative estimate of drug-likeness (QED) is 0.688. The van der Waals surface area contributed by atoms with E-state index in [1.807, 2.05) is 6.07 Å². The zero-order valence-corrected chi connectivity index (χ0v) is 16.8. The summed E-state index contributed by atoms with van der Waals surface area (Å²) >= 11 is 13.5. The summed E-state index contributed by atoms with van der Waals surface area (Å²) in [6.45, 7) is 3.73. The van der Waals surface area contributed by atoms with Gasteiger partial charge in [0.1, 0.15) is 4.88 Å². The molecule has 2 atom stereocenters. The number of nitrogens with one attached hydrogen (secondary N) is 1. The summed E-state index contributed by atoms with van der Waals surface area (Å²) in [6.07, 6.45) is 2.16. The van der Waals surface area contributed by atoms with Crippen LogP contribution in [0.1, 0.15) is 40.4 Å². The van der Waals surface area contributed by atoms with Crippen LogP contribution in [0.3, 0.4) is 0 Å². The van der Waals surface area contributed by atoms with Gasteiger partial charge in [0.2, 0.25) is 0 Å². The number of hydrogen-bond donors (Lipinski definition) is 1. The van der Waals surface area contributed by atoms with Gasteiger partial charge in [0.15, 0.2) is 6.10 Å². The third-order valence-electron chi connectivity index (χ3n) is 4.39. The molecule has 1 N–H and O–H groups in total. The van der Waals surface area contributed by atoms with E-state index in [-0.39, 0.29) is 0 Å². The highest BCUT2D eigenvalue weighted by Crippen LogP contribution is 2.33. The normalized spacial score (nSPS) is 17.3. The first-order chi connectivity index (χ1) is 12.3. The van der Waals surface area contributed by atoms with Crippen LogP contribution in [0.5, 0.6) is 0 Å². The summed E-state index contributed by atoms with van der Waals surface area (Å²) in [6, 6.07) is 6.82. The molecule has 0 bridgehead atoms. The number of amides is 1. The standard InChI is InChI=1S/C19H19Cl2NO3S/c1-10-6-7-15-12(8-10)9-16(26-15)19(24)25-11(2)18(23)22-17-13(20)4-3-5-14(17)21/h3-5,9-11H,6-8H2,1-2H3,(H,22,23)/t10-,11-/m0/s1. The topological polar surface area (TPSA) is 55.4 Å². The second-order valence-electron chi connectivity index (χ2n) is 6.54. The number of thiophene rings is 1. The van der Waals surface area contributed by atoms with Gasteiger partial charge >= 0.3 is 5.97 Å². The number of benzene rings is 1. The Labute approximate surface area is 166 Å². The lowest BCUT2D eigenvalue weighted by Crippen LogP contribution is -2.30. The number of carbonyl (C=O) groups is 2. The van der Waals surface area contributed by atoms with Crippen molar-refractivity contribution in [3.8, 4) is 0 Å². The minimum Gasteiger partial charge on any atom is -0.448 e. The average molecular weight is 412 g/mol. The first-order valence-electron chi connectivity index (χ1n) is 8.42. The van der Waals surface area contributed by atoms with Gasteiger partial charge < -0.3 is 10.1 Å². The van der Waals surface area contributed by atoms with Gasteiger partial charge in [-0.1, -0.05) is 36.2 Å². The molecule has 1 aliphatic carbocycles. The van der Waals surface area contributed by atoms with Crippen LogP contribution >= 0.6 is 34.5 Å². The molecule has 1 aromatic carbocycles. The number of halogens is 2. The van der Waals surface area contributed by atoms with Crippen molar-refractivity contribution in [3.63, 3.8) is 0 Å². The Balaban J connectivity index is 1.65. The lowest BCUT2D eigenvalue weighted by molar-refractivity contribution is -0.123. The van der Waals surface area contributed by atoms with Gasteiger partial charge in [-0.2, -0.15) is 0 Å². The van der Waals surface area contributed by atoms with Crippen LogP contribution in [-0.4, -0.2) is 18.0 Å². The SMILES string of the molecule is C[C@H]1CCc2sc(C(=O)O[C@@H](C)C(=O)Nc3c(Cl)cccc3Cl)cc2C1. The van der Waals surface area contributed by atoms with Crippen molar-refractivity contribution in [3.05, 3.63) is 49.6 Å². The molecule has 0 aliphatic heterocycles. The lowest BCUT2D eigenvalue weighted by Gasteiger charge is -2.16. The van der Waals surface area contributed by atoms with Crippen molar-refractivity contribution in [1.29, 1.82) is 0 Å². The van der Waals surface area contributed by atoms with Gasteiger partial charge in [-0.15, -0.1) is 11.3 Å². The van der Waals surface area contributed by atoms with Crippen LogP contribution in [0.2, 0.25) is 10.0 Å². The number of esters is 1. The predicted octanol–water partition coefficient (Wildman–Crippen LogP) is 5.36. The Morgan fingerprint density at radius 1 is 1.31 bits per heavy atom. The monoisotopic (exact) mass is 411 g/mol. The van der Waals surface area contributed by atoms with Crippen molar-refractivity contribution < 1.29 is 14.3 Å². The van der Waals surface area contributed by atoms with E-state index >= 15 is 0 Å². The smallest absolute Gasteiger partial charge is 0.349 e. The number of anilines is 1. The van der Waals surface area contributed by atoms with Crippen LogP contribution in [0.15, 0.2) is 24.3 Å². The third-order valence-corrected chi connectivity index (χ3v) is 6.24. The Bertz CT molecular complexity index is 829. The van der Waals surface area contributed by atoms with E-state index in [2.05, 4.69) is 12.2 Å². The fourth-order valence-corrected chi connectivity index (χ4v) is 4.50. The van der Waals surface area contributed by atoms with E-state index in [0.717, 1.165) is 19.3 Å². The number of carbonyl (C=O) groups excluding carboxylic acids is 2. The number of ether oxygens (including phenoxy) is 1. The minimum atomic E-state index is -0.965. The zero-order valence-electron chi connectivity index (χ0n) is 14.5. The summed E-state index contributed by atoms with van der Waals surface area (Å²) in [4.78, 5) is 26.5. The fourth-order valence-electron chi connectivity index (χ4n) is 2.92. The van der Waals surface area contributed by atoms with Crippen molar-refractivity contribution in [2.24, 2.45) is 5.92 Å². The molecule has 0 saturated heterocycles. The number of aryl methyl sites for hydroxylation is 1. The van der Waals surface area contributed by atoms with Gasteiger partial charge in [0.05, 0.1) is 15.7 Å². The average Bonchev–Trinajstić information content (AvgIpc) is 3.01.